The van der Waals surface area contributed by atoms with Gasteiger partial charge in [-0.15, -0.1) is 0 Å². The van der Waals surface area contributed by atoms with Crippen LogP contribution in [0.15, 0.2) is 22.7 Å². The zero-order chi connectivity index (χ0) is 15.5. The number of hydrogen-bond acceptors (Lipinski definition) is 2. The molecule has 0 heterocycles. The Morgan fingerprint density at radius 2 is 2.05 bits per heavy atom. The van der Waals surface area contributed by atoms with E-state index in [9.17, 15) is 0 Å². The monoisotopic (exact) mass is 368 g/mol. The molecule has 2 nitrogen and oxygen atoms in total. The number of hydrogen-bond donors (Lipinski definition) is 2. The number of nitrogens with two attached hydrogens (primary N) is 1. The molecule has 21 heavy (non-hydrogen) atoms. The van der Waals surface area contributed by atoms with Crippen LogP contribution in [0.5, 0.6) is 0 Å². The minimum atomic E-state index is 0.439. The van der Waals surface area contributed by atoms with Gasteiger partial charge < -0.3 is 11.1 Å². The van der Waals surface area contributed by atoms with Crippen LogP contribution in [-0.4, -0.2) is 11.5 Å². The van der Waals surface area contributed by atoms with Crippen LogP contribution in [0.1, 0.15) is 51.5 Å². The van der Waals surface area contributed by atoms with Gasteiger partial charge in [-0.05, 0) is 64.7 Å². The molecule has 3 N–H and O–H groups in total. The van der Waals surface area contributed by atoms with Gasteiger partial charge in [0.2, 0.25) is 0 Å². The van der Waals surface area contributed by atoms with Crippen molar-refractivity contribution < 1.29 is 0 Å². The van der Waals surface area contributed by atoms with Crippen LogP contribution in [0, 0.1) is 11.3 Å². The van der Waals surface area contributed by atoms with Crippen LogP contribution in [0.25, 0.3) is 0 Å². The Bertz CT molecular complexity index is 508. The lowest BCUT2D eigenvalue weighted by atomic mass is 9.78. The Hall–Kier alpha value is -0.610. The molecular weight excluding hydrogens is 344 g/mol. The summed E-state index contributed by atoms with van der Waals surface area (Å²) in [6.07, 6.45) is 6.75. The SMILES string of the molecule is CC(C)CC1(CNc2ccc(C(N)=S)cc2Br)CCCC1. The van der Waals surface area contributed by atoms with Gasteiger partial charge in [0, 0.05) is 22.3 Å². The van der Waals surface area contributed by atoms with E-state index in [0.717, 1.165) is 28.2 Å². The maximum absolute atomic E-state index is 5.67. The van der Waals surface area contributed by atoms with E-state index in [-0.39, 0.29) is 0 Å². The Balaban J connectivity index is 2.06. The minimum absolute atomic E-state index is 0.439. The number of nitrogens with one attached hydrogen (secondary N) is 1. The van der Waals surface area contributed by atoms with Gasteiger partial charge in [-0.1, -0.05) is 38.9 Å². The Kier molecular flexibility index (Phi) is 5.67. The molecule has 0 spiro atoms. The highest BCUT2D eigenvalue weighted by Gasteiger charge is 2.34. The first kappa shape index (κ1) is 16.8. The third-order valence-electron chi connectivity index (χ3n) is 4.41. The largest absolute Gasteiger partial charge is 0.389 e. The van der Waals surface area contributed by atoms with Gasteiger partial charge in [-0.3, -0.25) is 0 Å². The number of halogens is 1. The maximum atomic E-state index is 5.67. The van der Waals surface area contributed by atoms with Crippen molar-refractivity contribution in [2.75, 3.05) is 11.9 Å². The van der Waals surface area contributed by atoms with Gasteiger partial charge in [-0.25, -0.2) is 0 Å². The lowest BCUT2D eigenvalue weighted by Gasteiger charge is -2.32. The van der Waals surface area contributed by atoms with Crippen LogP contribution < -0.4 is 11.1 Å². The molecule has 0 saturated heterocycles. The van der Waals surface area contributed by atoms with E-state index in [1.807, 2.05) is 12.1 Å². The van der Waals surface area contributed by atoms with E-state index in [1.165, 1.54) is 32.1 Å². The molecule has 1 aromatic rings. The number of thiocarbonyl (C=S) groups is 1. The van der Waals surface area contributed by atoms with Crippen LogP contribution in [-0.2, 0) is 0 Å². The fraction of sp³-hybridized carbons (Fsp3) is 0.588. The average Bonchev–Trinajstić information content (AvgIpc) is 2.85. The highest BCUT2D eigenvalue weighted by Crippen LogP contribution is 2.43. The highest BCUT2D eigenvalue weighted by atomic mass is 79.9. The van der Waals surface area contributed by atoms with E-state index in [1.54, 1.807) is 0 Å². The second kappa shape index (κ2) is 7.10. The molecule has 0 bridgehead atoms. The van der Waals surface area contributed by atoms with Crippen molar-refractivity contribution in [1.29, 1.82) is 0 Å². The van der Waals surface area contributed by atoms with Crippen molar-refractivity contribution >= 4 is 38.8 Å². The fourth-order valence-electron chi connectivity index (χ4n) is 3.54. The van der Waals surface area contributed by atoms with Crippen LogP contribution in [0.4, 0.5) is 5.69 Å². The van der Waals surface area contributed by atoms with Crippen LogP contribution in [0.3, 0.4) is 0 Å². The zero-order valence-corrected chi connectivity index (χ0v) is 15.3. The van der Waals surface area contributed by atoms with Gasteiger partial charge in [0.15, 0.2) is 0 Å². The molecule has 116 valence electrons. The summed E-state index contributed by atoms with van der Waals surface area (Å²) in [5.41, 5.74) is 8.17. The first-order chi connectivity index (χ1) is 9.92. The average molecular weight is 369 g/mol. The lowest BCUT2D eigenvalue weighted by Crippen LogP contribution is -2.28. The fourth-order valence-corrected chi connectivity index (χ4v) is 4.18. The molecule has 0 unspecified atom stereocenters. The molecule has 0 atom stereocenters. The summed E-state index contributed by atoms with van der Waals surface area (Å²) in [7, 11) is 0. The summed E-state index contributed by atoms with van der Waals surface area (Å²) in [5.74, 6) is 0.755. The lowest BCUT2D eigenvalue weighted by molar-refractivity contribution is 0.252. The quantitative estimate of drug-likeness (QED) is 0.685. The molecule has 0 aliphatic heterocycles. The smallest absolute Gasteiger partial charge is 0.104 e. The summed E-state index contributed by atoms with van der Waals surface area (Å²) in [5, 5.41) is 3.64. The molecule has 0 radical (unpaired) electrons. The van der Waals surface area contributed by atoms with Crippen LogP contribution in [0.2, 0.25) is 0 Å². The predicted molar refractivity (Wildman–Crippen MR) is 98.9 cm³/mol. The molecule has 0 aromatic heterocycles. The molecule has 1 fully saturated rings. The molecule has 0 amide bonds. The Morgan fingerprint density at radius 3 is 2.57 bits per heavy atom. The number of anilines is 1. The normalized spacial score (nSPS) is 17.1. The number of benzene rings is 1. The van der Waals surface area contributed by atoms with Gasteiger partial charge in [-0.2, -0.15) is 0 Å². The summed E-state index contributed by atoms with van der Waals surface area (Å²) in [6.45, 7) is 5.70. The third kappa shape index (κ3) is 4.43. The van der Waals surface area contributed by atoms with Crippen molar-refractivity contribution in [2.45, 2.75) is 46.0 Å². The maximum Gasteiger partial charge on any atom is 0.104 e. The van der Waals surface area contributed by atoms with Gasteiger partial charge in [0.05, 0.1) is 0 Å². The van der Waals surface area contributed by atoms with Gasteiger partial charge in [0.25, 0.3) is 0 Å². The highest BCUT2D eigenvalue weighted by molar-refractivity contribution is 9.10. The molecule has 1 saturated carbocycles. The van der Waals surface area contributed by atoms with E-state index in [2.05, 4.69) is 41.2 Å². The molecule has 2 rings (SSSR count). The molecule has 1 aromatic carbocycles. The standard InChI is InChI=1S/C17H25BrN2S/c1-12(2)10-17(7-3-4-8-17)11-20-15-6-5-13(16(19)21)9-14(15)18/h5-6,9,12,20H,3-4,7-8,10-11H2,1-2H3,(H2,19,21). The van der Waals surface area contributed by atoms with Crippen molar-refractivity contribution in [3.63, 3.8) is 0 Å². The van der Waals surface area contributed by atoms with Gasteiger partial charge in [0.1, 0.15) is 4.99 Å². The summed E-state index contributed by atoms with van der Waals surface area (Å²) >= 11 is 8.63. The van der Waals surface area contributed by atoms with Gasteiger partial charge >= 0.3 is 0 Å². The van der Waals surface area contributed by atoms with E-state index < -0.39 is 0 Å². The summed E-state index contributed by atoms with van der Waals surface area (Å²) in [6, 6.07) is 6.05. The molecule has 4 heteroatoms. The Labute approximate surface area is 142 Å². The zero-order valence-electron chi connectivity index (χ0n) is 12.9. The molecular formula is C17H25BrN2S. The second-order valence-electron chi connectivity index (χ2n) is 6.72. The third-order valence-corrected chi connectivity index (χ3v) is 5.30. The van der Waals surface area contributed by atoms with Crippen molar-refractivity contribution in [3.05, 3.63) is 28.2 Å². The van der Waals surface area contributed by atoms with Crippen molar-refractivity contribution in [3.8, 4) is 0 Å². The summed E-state index contributed by atoms with van der Waals surface area (Å²) in [4.78, 5) is 0.439. The minimum Gasteiger partial charge on any atom is -0.389 e. The molecule has 1 aliphatic rings. The number of rotatable bonds is 6. The molecule has 1 aliphatic carbocycles. The van der Waals surface area contributed by atoms with E-state index in [4.69, 9.17) is 18.0 Å². The predicted octanol–water partition coefficient (Wildman–Crippen LogP) is 5.10. The Morgan fingerprint density at radius 1 is 1.38 bits per heavy atom. The van der Waals surface area contributed by atoms with E-state index in [0.29, 0.717) is 10.4 Å². The van der Waals surface area contributed by atoms with Crippen LogP contribution >= 0.6 is 28.1 Å². The first-order valence-corrected chi connectivity index (χ1v) is 8.95. The van der Waals surface area contributed by atoms with E-state index >= 15 is 0 Å². The topological polar surface area (TPSA) is 38.0 Å². The van der Waals surface area contributed by atoms with Crippen molar-refractivity contribution in [1.82, 2.24) is 0 Å². The summed E-state index contributed by atoms with van der Waals surface area (Å²) < 4.78 is 1.03. The second-order valence-corrected chi connectivity index (χ2v) is 8.01. The van der Waals surface area contributed by atoms with Crippen molar-refractivity contribution in [2.24, 2.45) is 17.1 Å². The first-order valence-electron chi connectivity index (χ1n) is 7.75.